The Morgan fingerprint density at radius 1 is 0.778 bits per heavy atom. The maximum Gasteiger partial charge on any atom is 0.0994 e. The average Bonchev–Trinajstić information content (AvgIpc) is 2.49. The molecule has 0 atom stereocenters. The van der Waals surface area contributed by atoms with Gasteiger partial charge in [0.1, 0.15) is 0 Å². The SMILES string of the molecule is [c]1nccc(-c2ccnnn2)c1-c1ccnnn1. The second kappa shape index (κ2) is 4.58. The summed E-state index contributed by atoms with van der Waals surface area (Å²) in [6.45, 7) is 0. The highest BCUT2D eigenvalue weighted by atomic mass is 15.3. The zero-order chi connectivity index (χ0) is 12.2. The van der Waals surface area contributed by atoms with E-state index in [2.05, 4.69) is 42.0 Å². The molecule has 3 aromatic heterocycles. The average molecular weight is 236 g/mol. The van der Waals surface area contributed by atoms with E-state index in [0.717, 1.165) is 5.56 Å². The third-order valence-electron chi connectivity index (χ3n) is 2.30. The summed E-state index contributed by atoms with van der Waals surface area (Å²) in [5.74, 6) is 0. The minimum Gasteiger partial charge on any atom is -0.254 e. The number of hydrogen-bond donors (Lipinski definition) is 0. The Hall–Kier alpha value is -2.83. The topological polar surface area (TPSA) is 90.2 Å². The van der Waals surface area contributed by atoms with Gasteiger partial charge in [-0.15, -0.1) is 20.4 Å². The standard InChI is InChI=1S/C11H6N7/c1-4-12-7-9(11-3-6-14-18-16-11)8(1)10-2-5-13-17-15-10/h1-6H. The lowest BCUT2D eigenvalue weighted by Crippen LogP contribution is -1.95. The van der Waals surface area contributed by atoms with E-state index in [9.17, 15) is 0 Å². The van der Waals surface area contributed by atoms with Gasteiger partial charge in [0.2, 0.25) is 0 Å². The lowest BCUT2D eigenvalue weighted by atomic mass is 10.0. The van der Waals surface area contributed by atoms with Crippen LogP contribution >= 0.6 is 0 Å². The summed E-state index contributed by atoms with van der Waals surface area (Å²) in [5, 5.41) is 22.4. The highest BCUT2D eigenvalue weighted by molar-refractivity contribution is 5.78. The normalized spacial score (nSPS) is 10.2. The molecule has 7 heteroatoms. The molecular formula is C11H6N7. The van der Waals surface area contributed by atoms with E-state index in [4.69, 9.17) is 0 Å². The Morgan fingerprint density at radius 3 is 2.17 bits per heavy atom. The van der Waals surface area contributed by atoms with Gasteiger partial charge in [-0.3, -0.25) is 4.98 Å². The van der Waals surface area contributed by atoms with Crippen molar-refractivity contribution < 1.29 is 0 Å². The summed E-state index contributed by atoms with van der Waals surface area (Å²) in [6.07, 6.45) is 7.65. The van der Waals surface area contributed by atoms with Crippen LogP contribution in [0.2, 0.25) is 0 Å². The number of pyridine rings is 1. The molecule has 0 fully saturated rings. The van der Waals surface area contributed by atoms with Gasteiger partial charge in [0.25, 0.3) is 0 Å². The first-order valence-electron chi connectivity index (χ1n) is 5.11. The van der Waals surface area contributed by atoms with Gasteiger partial charge in [0.15, 0.2) is 0 Å². The predicted molar refractivity (Wildman–Crippen MR) is 60.7 cm³/mol. The van der Waals surface area contributed by atoms with Crippen molar-refractivity contribution in [3.8, 4) is 22.5 Å². The number of aromatic nitrogens is 7. The number of hydrogen-bond acceptors (Lipinski definition) is 7. The van der Waals surface area contributed by atoms with Crippen molar-refractivity contribution in [2.45, 2.75) is 0 Å². The van der Waals surface area contributed by atoms with E-state index in [1.165, 1.54) is 0 Å². The van der Waals surface area contributed by atoms with Crippen molar-refractivity contribution in [1.29, 1.82) is 0 Å². The van der Waals surface area contributed by atoms with Crippen molar-refractivity contribution in [3.63, 3.8) is 0 Å². The molecule has 0 unspecified atom stereocenters. The highest BCUT2D eigenvalue weighted by Gasteiger charge is 2.10. The molecular weight excluding hydrogens is 230 g/mol. The monoisotopic (exact) mass is 236 g/mol. The van der Waals surface area contributed by atoms with E-state index in [1.807, 2.05) is 6.07 Å². The van der Waals surface area contributed by atoms with Crippen LogP contribution in [0.25, 0.3) is 22.5 Å². The van der Waals surface area contributed by atoms with Crippen LogP contribution in [0, 0.1) is 6.20 Å². The first kappa shape index (κ1) is 10.3. The third-order valence-corrected chi connectivity index (χ3v) is 2.30. The molecule has 0 saturated heterocycles. The van der Waals surface area contributed by atoms with Crippen LogP contribution in [0.1, 0.15) is 0 Å². The van der Waals surface area contributed by atoms with Gasteiger partial charge in [0.05, 0.1) is 30.0 Å². The minimum atomic E-state index is 0.631. The van der Waals surface area contributed by atoms with Crippen LogP contribution < -0.4 is 0 Å². The Labute approximate surface area is 102 Å². The largest absolute Gasteiger partial charge is 0.254 e. The first-order chi connectivity index (χ1) is 8.95. The van der Waals surface area contributed by atoms with E-state index in [0.29, 0.717) is 17.0 Å². The molecule has 3 heterocycles. The summed E-state index contributed by atoms with van der Waals surface area (Å²) < 4.78 is 0. The van der Waals surface area contributed by atoms with E-state index in [1.54, 1.807) is 30.7 Å². The Balaban J connectivity index is 2.18. The molecule has 85 valence electrons. The fourth-order valence-electron chi connectivity index (χ4n) is 1.53. The maximum atomic E-state index is 3.97. The fourth-order valence-corrected chi connectivity index (χ4v) is 1.53. The second-order valence-corrected chi connectivity index (χ2v) is 3.36. The molecule has 0 aliphatic carbocycles. The van der Waals surface area contributed by atoms with Crippen LogP contribution in [0.5, 0.6) is 0 Å². The van der Waals surface area contributed by atoms with E-state index >= 15 is 0 Å². The van der Waals surface area contributed by atoms with Gasteiger partial charge in [0, 0.05) is 17.3 Å². The molecule has 7 nitrogen and oxygen atoms in total. The summed E-state index contributed by atoms with van der Waals surface area (Å²) in [5.41, 5.74) is 2.83. The molecule has 0 spiro atoms. The lowest BCUT2D eigenvalue weighted by molar-refractivity contribution is 0.865. The molecule has 0 N–H and O–H groups in total. The Bertz CT molecular complexity index is 583. The third kappa shape index (κ3) is 1.88. The van der Waals surface area contributed by atoms with Gasteiger partial charge in [-0.2, -0.15) is 0 Å². The van der Waals surface area contributed by atoms with E-state index in [-0.39, 0.29) is 0 Å². The van der Waals surface area contributed by atoms with Crippen molar-refractivity contribution >= 4 is 0 Å². The van der Waals surface area contributed by atoms with Crippen LogP contribution in [-0.2, 0) is 0 Å². The Kier molecular flexibility index (Phi) is 2.63. The van der Waals surface area contributed by atoms with Gasteiger partial charge < -0.3 is 0 Å². The van der Waals surface area contributed by atoms with Crippen LogP contribution in [-0.4, -0.2) is 35.8 Å². The molecule has 1 radical (unpaired) electrons. The molecule has 3 aromatic rings. The van der Waals surface area contributed by atoms with Gasteiger partial charge in [-0.05, 0) is 28.6 Å². The van der Waals surface area contributed by atoms with Crippen molar-refractivity contribution in [3.05, 3.63) is 43.0 Å². The smallest absolute Gasteiger partial charge is 0.0994 e. The number of rotatable bonds is 2. The second-order valence-electron chi connectivity index (χ2n) is 3.36. The Morgan fingerprint density at radius 2 is 1.50 bits per heavy atom. The summed E-state index contributed by atoms with van der Waals surface area (Å²) in [7, 11) is 0. The maximum absolute atomic E-state index is 3.97. The number of nitrogens with zero attached hydrogens (tertiary/aromatic N) is 7. The van der Waals surface area contributed by atoms with Gasteiger partial charge >= 0.3 is 0 Å². The molecule has 0 aromatic carbocycles. The van der Waals surface area contributed by atoms with Gasteiger partial charge in [-0.1, -0.05) is 0 Å². The van der Waals surface area contributed by atoms with Crippen LogP contribution in [0.4, 0.5) is 0 Å². The quantitative estimate of drug-likeness (QED) is 0.642. The summed E-state index contributed by atoms with van der Waals surface area (Å²) in [4.78, 5) is 3.97. The molecule has 3 rings (SSSR count). The zero-order valence-corrected chi connectivity index (χ0v) is 9.09. The lowest BCUT2D eigenvalue weighted by Gasteiger charge is -2.04. The molecule has 0 aliphatic heterocycles. The summed E-state index contributed by atoms with van der Waals surface area (Å²) >= 11 is 0. The molecule has 0 aliphatic rings. The predicted octanol–water partition coefficient (Wildman–Crippen LogP) is 0.586. The van der Waals surface area contributed by atoms with Crippen molar-refractivity contribution in [2.75, 3.05) is 0 Å². The molecule has 0 bridgehead atoms. The first-order valence-corrected chi connectivity index (χ1v) is 5.11. The molecule has 0 saturated carbocycles. The van der Waals surface area contributed by atoms with Gasteiger partial charge in [-0.25, -0.2) is 0 Å². The van der Waals surface area contributed by atoms with Crippen molar-refractivity contribution in [2.24, 2.45) is 0 Å². The van der Waals surface area contributed by atoms with Crippen LogP contribution in [0.15, 0.2) is 36.8 Å². The summed E-state index contributed by atoms with van der Waals surface area (Å²) in [6, 6.07) is 5.31. The molecule has 18 heavy (non-hydrogen) atoms. The molecule has 0 amide bonds. The van der Waals surface area contributed by atoms with Crippen molar-refractivity contribution in [1.82, 2.24) is 35.8 Å². The zero-order valence-electron chi connectivity index (χ0n) is 9.09. The van der Waals surface area contributed by atoms with E-state index < -0.39 is 0 Å². The highest BCUT2D eigenvalue weighted by Crippen LogP contribution is 2.26. The fraction of sp³-hybridized carbons (Fsp3) is 0. The van der Waals surface area contributed by atoms with Crippen LogP contribution in [0.3, 0.4) is 0 Å². The minimum absolute atomic E-state index is 0.631.